The maximum Gasteiger partial charge on any atom is 0.271 e. The predicted octanol–water partition coefficient (Wildman–Crippen LogP) is 4.46. The van der Waals surface area contributed by atoms with Crippen molar-refractivity contribution in [2.75, 3.05) is 25.1 Å². The van der Waals surface area contributed by atoms with Gasteiger partial charge in [0.1, 0.15) is 10.7 Å². The summed E-state index contributed by atoms with van der Waals surface area (Å²) in [6.07, 6.45) is 9.33. The molecule has 216 valence electrons. The Labute approximate surface area is 239 Å². The number of ether oxygens (including phenoxy) is 1. The summed E-state index contributed by atoms with van der Waals surface area (Å²) in [5, 5.41) is 13.3. The second-order valence-corrected chi connectivity index (χ2v) is 12.9. The molecule has 0 atom stereocenters. The quantitative estimate of drug-likeness (QED) is 0.295. The monoisotopic (exact) mass is 589 g/mol. The molecule has 40 heavy (non-hydrogen) atoms. The molecular weight excluding hydrogens is 554 g/mol. The van der Waals surface area contributed by atoms with Crippen LogP contribution in [0.4, 0.5) is 11.6 Å². The van der Waals surface area contributed by atoms with Crippen molar-refractivity contribution in [3.05, 3.63) is 51.4 Å². The van der Waals surface area contributed by atoms with Crippen LogP contribution in [0.3, 0.4) is 0 Å². The third-order valence-electron chi connectivity index (χ3n) is 7.97. The van der Waals surface area contributed by atoms with Crippen molar-refractivity contribution in [2.24, 2.45) is 5.92 Å². The first-order valence-electron chi connectivity index (χ1n) is 13.9. The van der Waals surface area contributed by atoms with Crippen LogP contribution in [-0.2, 0) is 14.8 Å². The highest BCUT2D eigenvalue weighted by molar-refractivity contribution is 7.89. The molecule has 2 saturated carbocycles. The van der Waals surface area contributed by atoms with Crippen LogP contribution in [0.15, 0.2) is 40.2 Å². The van der Waals surface area contributed by atoms with Crippen molar-refractivity contribution in [1.29, 1.82) is 0 Å². The number of halogens is 1. The molecule has 0 bridgehead atoms. The smallest absolute Gasteiger partial charge is 0.271 e. The fourth-order valence-electron chi connectivity index (χ4n) is 5.68. The third kappa shape index (κ3) is 6.49. The number of fused-ring (bicyclic) bond motifs is 1. The Bertz CT molecular complexity index is 1520. The highest BCUT2D eigenvalue weighted by atomic mass is 35.5. The van der Waals surface area contributed by atoms with Crippen LogP contribution in [-0.4, -0.2) is 53.9 Å². The van der Waals surface area contributed by atoms with Crippen LogP contribution in [0.1, 0.15) is 63.0 Å². The first-order valence-corrected chi connectivity index (χ1v) is 15.8. The van der Waals surface area contributed by atoms with Crippen LogP contribution in [0.25, 0.3) is 11.0 Å². The number of hydrogen-bond acceptors (Lipinski definition) is 8. The van der Waals surface area contributed by atoms with E-state index in [2.05, 4.69) is 20.0 Å². The van der Waals surface area contributed by atoms with E-state index in [1.54, 1.807) is 29.0 Å². The van der Waals surface area contributed by atoms with E-state index < -0.39 is 10.0 Å². The second-order valence-electron chi connectivity index (χ2n) is 10.8. The minimum Gasteiger partial charge on any atom is -0.396 e. The van der Waals surface area contributed by atoms with E-state index >= 15 is 0 Å². The lowest BCUT2D eigenvalue weighted by atomic mass is 9.88. The minimum atomic E-state index is -3.71. The van der Waals surface area contributed by atoms with Crippen molar-refractivity contribution >= 4 is 44.3 Å². The zero-order valence-electron chi connectivity index (χ0n) is 22.6. The molecule has 2 fully saturated rings. The van der Waals surface area contributed by atoms with Crippen molar-refractivity contribution < 1.29 is 18.3 Å². The SMILES string of the molecule is Cc1cc(S(=O)(=O)NCCO[C@H]2CC[C@H](CO)CC2)ccc1Nc1ncc2cc(Cl)c(=O)n(C3CCCC3)c2n1. The van der Waals surface area contributed by atoms with Crippen LogP contribution >= 0.6 is 11.6 Å². The summed E-state index contributed by atoms with van der Waals surface area (Å²) in [4.78, 5) is 22.1. The lowest BCUT2D eigenvalue weighted by Gasteiger charge is -2.27. The first kappa shape index (κ1) is 28.9. The molecule has 2 heterocycles. The number of nitrogens with zero attached hydrogens (tertiary/aromatic N) is 3. The molecular formula is C28H36ClN5O5S. The fourth-order valence-corrected chi connectivity index (χ4v) is 6.98. The number of sulfonamides is 1. The Morgan fingerprint density at radius 3 is 2.58 bits per heavy atom. The van der Waals surface area contributed by atoms with Crippen molar-refractivity contribution in [3.63, 3.8) is 0 Å². The minimum absolute atomic E-state index is 0.0573. The van der Waals surface area contributed by atoms with Gasteiger partial charge in [-0.05, 0) is 81.2 Å². The number of aryl methyl sites for hydroxylation is 1. The standard InChI is InChI=1S/C28H36ClN5O5S/c1-18-14-23(40(37,38)31-12-13-39-22-8-6-19(17-35)7-9-22)10-11-25(18)32-28-30-16-20-15-24(29)27(36)34(26(20)33-28)21-4-2-3-5-21/h10-11,14-16,19,21-22,31,35H,2-9,12-13,17H2,1H3,(H,30,32,33)/t19-,22-. The van der Waals surface area contributed by atoms with E-state index in [0.717, 1.165) is 51.4 Å². The number of nitrogens with one attached hydrogen (secondary N) is 2. The molecule has 2 aliphatic carbocycles. The van der Waals surface area contributed by atoms with Gasteiger partial charge in [0.05, 0.1) is 17.6 Å². The Kier molecular flexibility index (Phi) is 9.06. The largest absolute Gasteiger partial charge is 0.396 e. The van der Waals surface area contributed by atoms with Crippen molar-refractivity contribution in [1.82, 2.24) is 19.3 Å². The summed E-state index contributed by atoms with van der Waals surface area (Å²) in [6.45, 7) is 2.50. The normalized spacial score (nSPS) is 20.3. The summed E-state index contributed by atoms with van der Waals surface area (Å²) in [6, 6.07) is 6.46. The molecule has 10 nitrogen and oxygen atoms in total. The second kappa shape index (κ2) is 12.5. The molecule has 0 aliphatic heterocycles. The number of aromatic nitrogens is 3. The number of rotatable bonds is 10. The molecule has 0 spiro atoms. The highest BCUT2D eigenvalue weighted by Gasteiger charge is 2.23. The molecule has 3 N–H and O–H groups in total. The lowest BCUT2D eigenvalue weighted by molar-refractivity contribution is 0.0144. The summed E-state index contributed by atoms with van der Waals surface area (Å²) >= 11 is 6.23. The molecule has 5 rings (SSSR count). The van der Waals surface area contributed by atoms with E-state index in [1.165, 1.54) is 6.07 Å². The summed E-state index contributed by atoms with van der Waals surface area (Å²) in [5.41, 5.74) is 1.64. The summed E-state index contributed by atoms with van der Waals surface area (Å²) in [5.74, 6) is 0.660. The number of aliphatic hydroxyl groups excluding tert-OH is 1. The van der Waals surface area contributed by atoms with Crippen LogP contribution in [0.5, 0.6) is 0 Å². The number of benzene rings is 1. The van der Waals surface area contributed by atoms with E-state index in [1.807, 2.05) is 6.92 Å². The first-order chi connectivity index (χ1) is 19.2. The average molecular weight is 590 g/mol. The summed E-state index contributed by atoms with van der Waals surface area (Å²) < 4.78 is 35.9. The zero-order chi connectivity index (χ0) is 28.3. The molecule has 12 heteroatoms. The van der Waals surface area contributed by atoms with Gasteiger partial charge in [-0.3, -0.25) is 9.36 Å². The predicted molar refractivity (Wildman–Crippen MR) is 155 cm³/mol. The zero-order valence-corrected chi connectivity index (χ0v) is 24.2. The number of anilines is 2. The molecule has 1 aromatic carbocycles. The summed E-state index contributed by atoms with van der Waals surface area (Å²) in [7, 11) is -3.71. The topological polar surface area (TPSA) is 135 Å². The van der Waals surface area contributed by atoms with E-state index in [-0.39, 0.29) is 40.8 Å². The number of pyridine rings is 1. The van der Waals surface area contributed by atoms with Gasteiger partial charge in [-0.25, -0.2) is 18.1 Å². The van der Waals surface area contributed by atoms with E-state index in [0.29, 0.717) is 40.8 Å². The Morgan fingerprint density at radius 2 is 1.88 bits per heavy atom. The Balaban J connectivity index is 1.25. The van der Waals surface area contributed by atoms with Crippen molar-refractivity contribution in [3.8, 4) is 0 Å². The van der Waals surface area contributed by atoms with Gasteiger partial charge in [-0.15, -0.1) is 0 Å². The maximum absolute atomic E-state index is 12.9. The molecule has 2 aliphatic rings. The Hall–Kier alpha value is -2.57. The molecule has 0 saturated heterocycles. The van der Waals surface area contributed by atoms with Gasteiger partial charge in [-0.2, -0.15) is 4.98 Å². The van der Waals surface area contributed by atoms with Crippen molar-refractivity contribution in [2.45, 2.75) is 75.3 Å². The fraction of sp³-hybridized carbons (Fsp3) is 0.536. The lowest BCUT2D eigenvalue weighted by Crippen LogP contribution is -2.30. The van der Waals surface area contributed by atoms with Crippen LogP contribution in [0.2, 0.25) is 5.02 Å². The maximum atomic E-state index is 12.9. The number of aliphatic hydroxyl groups is 1. The van der Waals surface area contributed by atoms with Gasteiger partial charge < -0.3 is 15.2 Å². The highest BCUT2D eigenvalue weighted by Crippen LogP contribution is 2.32. The molecule has 0 unspecified atom stereocenters. The number of hydrogen-bond donors (Lipinski definition) is 3. The molecule has 2 aromatic heterocycles. The van der Waals surface area contributed by atoms with E-state index in [9.17, 15) is 18.3 Å². The molecule has 0 radical (unpaired) electrons. The molecule has 3 aromatic rings. The third-order valence-corrected chi connectivity index (χ3v) is 9.70. The average Bonchev–Trinajstić information content (AvgIpc) is 3.48. The van der Waals surface area contributed by atoms with Gasteiger partial charge >= 0.3 is 0 Å². The Morgan fingerprint density at radius 1 is 1.12 bits per heavy atom. The van der Waals surface area contributed by atoms with Gasteiger partial charge in [0, 0.05) is 36.5 Å². The van der Waals surface area contributed by atoms with Crippen LogP contribution < -0.4 is 15.6 Å². The van der Waals surface area contributed by atoms with E-state index in [4.69, 9.17) is 16.3 Å². The van der Waals surface area contributed by atoms with Gasteiger partial charge in [0.2, 0.25) is 16.0 Å². The van der Waals surface area contributed by atoms with Gasteiger partial charge in [0.25, 0.3) is 5.56 Å². The van der Waals surface area contributed by atoms with Gasteiger partial charge in [0.15, 0.2) is 0 Å². The van der Waals surface area contributed by atoms with Crippen LogP contribution in [0, 0.1) is 12.8 Å². The van der Waals surface area contributed by atoms with Gasteiger partial charge in [-0.1, -0.05) is 24.4 Å². The molecule has 0 amide bonds.